The van der Waals surface area contributed by atoms with Crippen LogP contribution in [-0.2, 0) is 22.7 Å². The summed E-state index contributed by atoms with van der Waals surface area (Å²) >= 11 is 1.41. The second kappa shape index (κ2) is 13.8. The zero-order valence-electron chi connectivity index (χ0n) is 24.1. The third-order valence-electron chi connectivity index (χ3n) is 7.43. The maximum Gasteiger partial charge on any atom is 0.240 e. The predicted molar refractivity (Wildman–Crippen MR) is 167 cm³/mol. The molecule has 4 aromatic rings. The Hall–Kier alpha value is -3.92. The summed E-state index contributed by atoms with van der Waals surface area (Å²) in [5.41, 5.74) is 5.93. The molecule has 9 heteroatoms. The van der Waals surface area contributed by atoms with Gasteiger partial charge >= 0.3 is 0 Å². The number of carbonyl (C=O) groups excluding carboxylic acids is 2. The minimum absolute atomic E-state index is 0.00998. The number of nitrogens with one attached hydrogen (secondary N) is 1. The fraction of sp³-hybridized carbons (Fsp3) is 0.303. The molecule has 3 aromatic carbocycles. The van der Waals surface area contributed by atoms with Crippen molar-refractivity contribution in [3.63, 3.8) is 0 Å². The lowest BCUT2D eigenvalue weighted by Crippen LogP contribution is -2.39. The van der Waals surface area contributed by atoms with Crippen LogP contribution >= 0.6 is 11.3 Å². The van der Waals surface area contributed by atoms with E-state index >= 15 is 0 Å². The number of halogens is 1. The van der Waals surface area contributed by atoms with Gasteiger partial charge in [0, 0.05) is 62.8 Å². The monoisotopic (exact) mass is 585 g/mol. The lowest BCUT2D eigenvalue weighted by Gasteiger charge is -2.27. The minimum atomic E-state index is -0.255. The van der Waals surface area contributed by atoms with Crippen molar-refractivity contribution in [2.75, 3.05) is 42.9 Å². The molecule has 1 aliphatic heterocycles. The summed E-state index contributed by atoms with van der Waals surface area (Å²) in [5.74, 6) is -0.403. The highest BCUT2D eigenvalue weighted by Crippen LogP contribution is 2.26. The van der Waals surface area contributed by atoms with E-state index in [0.29, 0.717) is 31.3 Å². The number of hydrogen-bond donors (Lipinski definition) is 1. The average molecular weight is 586 g/mol. The third kappa shape index (κ3) is 7.88. The van der Waals surface area contributed by atoms with Crippen LogP contribution in [0.4, 0.5) is 15.2 Å². The number of nitrogens with zero attached hydrogens (tertiary/aromatic N) is 4. The lowest BCUT2D eigenvalue weighted by molar-refractivity contribution is -0.118. The first-order chi connectivity index (χ1) is 20.3. The maximum absolute atomic E-state index is 13.5. The summed E-state index contributed by atoms with van der Waals surface area (Å²) in [7, 11) is 0. The number of aryl methyl sites for hydroxylation is 1. The number of carbonyl (C=O) groups is 2. The normalized spacial score (nSPS) is 15.1. The van der Waals surface area contributed by atoms with Crippen molar-refractivity contribution >= 4 is 34.0 Å². The van der Waals surface area contributed by atoms with Crippen molar-refractivity contribution in [1.29, 1.82) is 0 Å². The summed E-state index contributed by atoms with van der Waals surface area (Å²) in [6.45, 7) is 7.74. The highest BCUT2D eigenvalue weighted by atomic mass is 32.1. The number of anilines is 2. The molecule has 0 atom stereocenters. The van der Waals surface area contributed by atoms with E-state index in [4.69, 9.17) is 0 Å². The van der Waals surface area contributed by atoms with Gasteiger partial charge in [-0.1, -0.05) is 60.2 Å². The van der Waals surface area contributed by atoms with Crippen LogP contribution in [-0.4, -0.2) is 59.3 Å². The van der Waals surface area contributed by atoms with E-state index in [2.05, 4.69) is 20.1 Å². The topological polar surface area (TPSA) is 68.8 Å². The molecule has 0 radical (unpaired) electrons. The zero-order valence-corrected chi connectivity index (χ0v) is 24.9. The fourth-order valence-electron chi connectivity index (χ4n) is 5.21. The fourth-order valence-corrected chi connectivity index (χ4v) is 5.95. The van der Waals surface area contributed by atoms with Gasteiger partial charge in [-0.25, -0.2) is 9.37 Å². The highest BCUT2D eigenvalue weighted by molar-refractivity contribution is 7.14. The summed E-state index contributed by atoms with van der Waals surface area (Å²) in [5, 5.41) is 5.50. The molecular formula is C33H36FN5O2S. The van der Waals surface area contributed by atoms with Gasteiger partial charge in [-0.15, -0.1) is 11.3 Å². The lowest BCUT2D eigenvalue weighted by atomic mass is 10.1. The van der Waals surface area contributed by atoms with Gasteiger partial charge < -0.3 is 10.2 Å². The quantitative estimate of drug-likeness (QED) is 0.303. The van der Waals surface area contributed by atoms with Gasteiger partial charge in [0.05, 0.1) is 12.2 Å². The van der Waals surface area contributed by atoms with Crippen LogP contribution < -0.4 is 10.2 Å². The van der Waals surface area contributed by atoms with E-state index in [1.165, 1.54) is 29.0 Å². The van der Waals surface area contributed by atoms with Gasteiger partial charge in [-0.3, -0.25) is 19.4 Å². The Bertz CT molecular complexity index is 1510. The number of rotatable bonds is 6. The van der Waals surface area contributed by atoms with Crippen molar-refractivity contribution < 1.29 is 14.0 Å². The number of thiazole rings is 1. The van der Waals surface area contributed by atoms with Crippen LogP contribution in [0.1, 0.15) is 30.0 Å². The van der Waals surface area contributed by atoms with Gasteiger partial charge in [0.15, 0.2) is 5.13 Å². The van der Waals surface area contributed by atoms with Crippen molar-refractivity contribution in [3.05, 3.63) is 101 Å². The van der Waals surface area contributed by atoms with Crippen LogP contribution in [0.25, 0.3) is 11.3 Å². The highest BCUT2D eigenvalue weighted by Gasteiger charge is 2.21. The molecule has 2 heterocycles. The van der Waals surface area contributed by atoms with Crippen molar-refractivity contribution in [2.24, 2.45) is 0 Å². The van der Waals surface area contributed by atoms with Crippen LogP contribution in [0.5, 0.6) is 0 Å². The van der Waals surface area contributed by atoms with Gasteiger partial charge in [0.2, 0.25) is 11.8 Å². The van der Waals surface area contributed by atoms with Gasteiger partial charge in [0.25, 0.3) is 0 Å². The molecule has 0 unspecified atom stereocenters. The Morgan fingerprint density at radius 2 is 1.67 bits per heavy atom. The first-order valence-electron chi connectivity index (χ1n) is 14.2. The molecule has 1 aliphatic rings. The molecule has 5 rings (SSSR count). The molecule has 0 fully saturated rings. The minimum Gasteiger partial charge on any atom is -0.312 e. The Kier molecular flexibility index (Phi) is 9.74. The van der Waals surface area contributed by atoms with Crippen LogP contribution in [0.2, 0.25) is 0 Å². The molecule has 0 saturated heterocycles. The summed E-state index contributed by atoms with van der Waals surface area (Å²) < 4.78 is 13.5. The Balaban J connectivity index is 1.33. The Morgan fingerprint density at radius 3 is 2.43 bits per heavy atom. The molecule has 7 nitrogen and oxygen atoms in total. The van der Waals surface area contributed by atoms with Crippen molar-refractivity contribution in [2.45, 2.75) is 33.4 Å². The van der Waals surface area contributed by atoms with Crippen molar-refractivity contribution in [3.8, 4) is 11.3 Å². The van der Waals surface area contributed by atoms with Crippen molar-refractivity contribution in [1.82, 2.24) is 14.8 Å². The third-order valence-corrected chi connectivity index (χ3v) is 8.19. The van der Waals surface area contributed by atoms with E-state index in [1.54, 1.807) is 6.92 Å². The number of amides is 2. The zero-order chi connectivity index (χ0) is 29.5. The summed E-state index contributed by atoms with van der Waals surface area (Å²) in [6, 6.07) is 22.7. The number of fused-ring (bicyclic) bond motifs is 1. The molecule has 0 spiro atoms. The Labute approximate surface area is 250 Å². The van der Waals surface area contributed by atoms with E-state index in [1.807, 2.05) is 77.9 Å². The van der Waals surface area contributed by atoms with E-state index < -0.39 is 0 Å². The summed E-state index contributed by atoms with van der Waals surface area (Å²) in [4.78, 5) is 36.9. The molecule has 1 N–H and O–H groups in total. The SMILES string of the molecule is CC(=O)N1CCCN(Cc2ccc(F)cc2)CCN(CC(=O)Nc2nc(-c3ccc(C)cc3)cs2)Cc2ccccc21. The molecule has 218 valence electrons. The summed E-state index contributed by atoms with van der Waals surface area (Å²) in [6.07, 6.45) is 0.795. The predicted octanol–water partition coefficient (Wildman–Crippen LogP) is 5.96. The van der Waals surface area contributed by atoms with E-state index in [0.717, 1.165) is 47.6 Å². The number of benzene rings is 3. The standard InChI is InChI=1S/C33H36FN5O2S/c1-24-8-12-27(13-9-24)30-23-42-33(35-30)36-32(41)22-38-19-18-37(20-26-10-14-29(34)15-11-26)16-5-17-39(25(2)40)31-7-4-3-6-28(31)21-38/h3-4,6-15,23H,5,16-22H2,1-2H3,(H,35,36,41). The maximum atomic E-state index is 13.5. The van der Waals surface area contributed by atoms with Crippen LogP contribution in [0.15, 0.2) is 78.2 Å². The second-order valence-electron chi connectivity index (χ2n) is 10.7. The van der Waals surface area contributed by atoms with E-state index in [-0.39, 0.29) is 24.2 Å². The molecule has 0 saturated carbocycles. The van der Waals surface area contributed by atoms with Crippen LogP contribution in [0.3, 0.4) is 0 Å². The largest absolute Gasteiger partial charge is 0.312 e. The molecular weight excluding hydrogens is 549 g/mol. The van der Waals surface area contributed by atoms with Gasteiger partial charge in [-0.2, -0.15) is 0 Å². The second-order valence-corrected chi connectivity index (χ2v) is 11.6. The Morgan fingerprint density at radius 1 is 0.929 bits per heavy atom. The molecule has 42 heavy (non-hydrogen) atoms. The van der Waals surface area contributed by atoms with Crippen LogP contribution in [0, 0.1) is 12.7 Å². The van der Waals surface area contributed by atoms with Gasteiger partial charge in [0.1, 0.15) is 5.82 Å². The number of hydrogen-bond acceptors (Lipinski definition) is 6. The molecule has 1 aromatic heterocycles. The molecule has 2 amide bonds. The molecule has 0 bridgehead atoms. The van der Waals surface area contributed by atoms with Gasteiger partial charge in [-0.05, 0) is 42.7 Å². The molecule has 0 aliphatic carbocycles. The number of para-hydroxylation sites is 1. The smallest absolute Gasteiger partial charge is 0.240 e. The first-order valence-corrected chi connectivity index (χ1v) is 15.1. The average Bonchev–Trinajstić information content (AvgIpc) is 3.42. The first kappa shape index (κ1) is 29.6. The van der Waals surface area contributed by atoms with E-state index in [9.17, 15) is 14.0 Å². The number of aromatic nitrogens is 1.